The minimum Gasteiger partial charge on any atom is -0.507 e. The first-order valence-corrected chi connectivity index (χ1v) is 8.94. The maximum atomic E-state index is 12.7. The van der Waals surface area contributed by atoms with Crippen LogP contribution in [-0.2, 0) is 16.1 Å². The van der Waals surface area contributed by atoms with E-state index in [1.165, 1.54) is 22.5 Å². The van der Waals surface area contributed by atoms with Crippen molar-refractivity contribution in [1.82, 2.24) is 4.90 Å². The monoisotopic (exact) mass is 365 g/mol. The van der Waals surface area contributed by atoms with E-state index in [1.807, 2.05) is 23.6 Å². The van der Waals surface area contributed by atoms with Crippen LogP contribution < -0.4 is 0 Å². The molecule has 1 aliphatic rings. The number of thiophene rings is 1. The molecular weight excluding hydrogens is 350 g/mol. The van der Waals surface area contributed by atoms with Gasteiger partial charge < -0.3 is 14.4 Å². The van der Waals surface area contributed by atoms with Crippen LogP contribution in [0.25, 0.3) is 5.76 Å². The molecule has 0 unspecified atom stereocenters. The van der Waals surface area contributed by atoms with Crippen LogP contribution in [0.15, 0.2) is 76.2 Å². The first kappa shape index (κ1) is 16.4. The van der Waals surface area contributed by atoms with Crippen molar-refractivity contribution in [3.8, 4) is 0 Å². The van der Waals surface area contributed by atoms with E-state index in [0.717, 1.165) is 4.88 Å². The van der Waals surface area contributed by atoms with Crippen LogP contribution in [0.3, 0.4) is 0 Å². The SMILES string of the molecule is O=C1C(=O)N(Cc2ccco2)[C@@H](c2cccs2)/C1=C(\O)c1ccccc1. The molecule has 0 radical (unpaired) electrons. The van der Waals surface area contributed by atoms with Crippen LogP contribution >= 0.6 is 11.3 Å². The molecule has 0 saturated carbocycles. The van der Waals surface area contributed by atoms with E-state index in [0.29, 0.717) is 11.3 Å². The molecule has 0 bridgehead atoms. The quantitative estimate of drug-likeness (QED) is 0.432. The zero-order valence-corrected chi connectivity index (χ0v) is 14.5. The van der Waals surface area contributed by atoms with Crippen LogP contribution in [0.5, 0.6) is 0 Å². The largest absolute Gasteiger partial charge is 0.507 e. The zero-order valence-electron chi connectivity index (χ0n) is 13.7. The molecule has 1 saturated heterocycles. The Labute approximate surface area is 153 Å². The van der Waals surface area contributed by atoms with Gasteiger partial charge in [0.2, 0.25) is 0 Å². The molecule has 3 aromatic rings. The second-order valence-corrected chi connectivity index (χ2v) is 6.87. The third kappa shape index (κ3) is 2.74. The number of aliphatic hydroxyl groups is 1. The van der Waals surface area contributed by atoms with E-state index in [2.05, 4.69) is 0 Å². The average Bonchev–Trinajstić information content (AvgIpc) is 3.41. The van der Waals surface area contributed by atoms with Crippen molar-refractivity contribution >= 4 is 28.8 Å². The maximum absolute atomic E-state index is 12.7. The minimum atomic E-state index is -0.684. The van der Waals surface area contributed by atoms with Gasteiger partial charge in [0.15, 0.2) is 0 Å². The van der Waals surface area contributed by atoms with Gasteiger partial charge in [0.25, 0.3) is 11.7 Å². The Morgan fingerprint density at radius 1 is 1.08 bits per heavy atom. The maximum Gasteiger partial charge on any atom is 0.296 e. The van der Waals surface area contributed by atoms with Gasteiger partial charge in [-0.15, -0.1) is 11.3 Å². The molecule has 1 aliphatic heterocycles. The van der Waals surface area contributed by atoms with Gasteiger partial charge in [-0.2, -0.15) is 0 Å². The summed E-state index contributed by atoms with van der Waals surface area (Å²) in [5, 5.41) is 12.7. The number of benzene rings is 1. The molecule has 0 aliphatic carbocycles. The molecule has 6 heteroatoms. The molecule has 3 heterocycles. The number of aliphatic hydroxyl groups excluding tert-OH is 1. The van der Waals surface area contributed by atoms with Gasteiger partial charge in [0.05, 0.1) is 18.4 Å². The van der Waals surface area contributed by atoms with Crippen molar-refractivity contribution in [2.24, 2.45) is 0 Å². The molecule has 2 aromatic heterocycles. The van der Waals surface area contributed by atoms with Gasteiger partial charge in [-0.05, 0) is 23.6 Å². The summed E-state index contributed by atoms with van der Waals surface area (Å²) < 4.78 is 5.34. The van der Waals surface area contributed by atoms with E-state index in [9.17, 15) is 14.7 Å². The lowest BCUT2D eigenvalue weighted by Crippen LogP contribution is -2.28. The first-order valence-electron chi connectivity index (χ1n) is 8.06. The number of carbonyl (C=O) groups excluding carboxylic acids is 2. The summed E-state index contributed by atoms with van der Waals surface area (Å²) in [6.45, 7) is 0.158. The molecule has 1 atom stereocenters. The predicted octanol–water partition coefficient (Wildman–Crippen LogP) is 3.96. The van der Waals surface area contributed by atoms with Gasteiger partial charge in [0.1, 0.15) is 17.6 Å². The number of amides is 1. The number of likely N-dealkylation sites (tertiary alicyclic amines) is 1. The molecular formula is C20H15NO4S. The van der Waals surface area contributed by atoms with Crippen molar-refractivity contribution in [3.63, 3.8) is 0 Å². The highest BCUT2D eigenvalue weighted by atomic mass is 32.1. The summed E-state index contributed by atoms with van der Waals surface area (Å²) in [6, 6.07) is 15.3. The topological polar surface area (TPSA) is 70.8 Å². The second-order valence-electron chi connectivity index (χ2n) is 5.89. The summed E-state index contributed by atoms with van der Waals surface area (Å²) in [6.07, 6.45) is 1.52. The number of ketones is 1. The number of hydrogen-bond acceptors (Lipinski definition) is 5. The minimum absolute atomic E-state index is 0.107. The van der Waals surface area contributed by atoms with Crippen molar-refractivity contribution < 1.29 is 19.1 Å². The van der Waals surface area contributed by atoms with E-state index >= 15 is 0 Å². The second kappa shape index (κ2) is 6.65. The lowest BCUT2D eigenvalue weighted by molar-refractivity contribution is -0.140. The highest BCUT2D eigenvalue weighted by Gasteiger charge is 2.46. The molecule has 1 amide bonds. The van der Waals surface area contributed by atoms with Crippen molar-refractivity contribution in [2.45, 2.75) is 12.6 Å². The summed E-state index contributed by atoms with van der Waals surface area (Å²) >= 11 is 1.43. The van der Waals surface area contributed by atoms with Gasteiger partial charge in [-0.25, -0.2) is 0 Å². The fourth-order valence-corrected chi connectivity index (χ4v) is 3.95. The van der Waals surface area contributed by atoms with Gasteiger partial charge >= 0.3 is 0 Å². The Hall–Kier alpha value is -3.12. The van der Waals surface area contributed by atoms with E-state index in [-0.39, 0.29) is 17.9 Å². The van der Waals surface area contributed by atoms with Crippen molar-refractivity contribution in [1.29, 1.82) is 0 Å². The highest BCUT2D eigenvalue weighted by Crippen LogP contribution is 2.41. The van der Waals surface area contributed by atoms with Crippen molar-refractivity contribution in [3.05, 3.63) is 88.0 Å². The molecule has 26 heavy (non-hydrogen) atoms. The van der Waals surface area contributed by atoms with E-state index in [4.69, 9.17) is 4.42 Å². The van der Waals surface area contributed by atoms with Crippen molar-refractivity contribution in [2.75, 3.05) is 0 Å². The molecule has 130 valence electrons. The number of furan rings is 1. The fraction of sp³-hybridized carbons (Fsp3) is 0.100. The summed E-state index contributed by atoms with van der Waals surface area (Å²) in [4.78, 5) is 27.7. The normalized spacial score (nSPS) is 19.2. The fourth-order valence-electron chi connectivity index (χ4n) is 3.11. The van der Waals surface area contributed by atoms with Crippen LogP contribution in [-0.4, -0.2) is 21.7 Å². The van der Waals surface area contributed by atoms with E-state index < -0.39 is 17.7 Å². The van der Waals surface area contributed by atoms with Gasteiger partial charge in [-0.3, -0.25) is 9.59 Å². The number of Topliss-reactive ketones (excluding diaryl/α,β-unsaturated/α-hetero) is 1. The zero-order chi connectivity index (χ0) is 18.1. The van der Waals surface area contributed by atoms with Crippen LogP contribution in [0.1, 0.15) is 22.2 Å². The number of nitrogens with zero attached hydrogens (tertiary/aromatic N) is 1. The molecule has 0 spiro atoms. The average molecular weight is 365 g/mol. The Balaban J connectivity index is 1.84. The highest BCUT2D eigenvalue weighted by molar-refractivity contribution is 7.10. The Kier molecular flexibility index (Phi) is 4.18. The lowest BCUT2D eigenvalue weighted by Gasteiger charge is -2.23. The predicted molar refractivity (Wildman–Crippen MR) is 97.3 cm³/mol. The summed E-state index contributed by atoms with van der Waals surface area (Å²) in [5.41, 5.74) is 0.611. The standard InChI is InChI=1S/C20H15NO4S/c22-18(13-6-2-1-3-7-13)16-17(15-9-5-11-26-15)21(20(24)19(16)23)12-14-8-4-10-25-14/h1-11,17,22H,12H2/b18-16+/t17-/m0/s1. The Morgan fingerprint density at radius 3 is 2.54 bits per heavy atom. The molecule has 1 aromatic carbocycles. The van der Waals surface area contributed by atoms with Gasteiger partial charge in [-0.1, -0.05) is 36.4 Å². The number of rotatable bonds is 4. The third-order valence-corrected chi connectivity index (χ3v) is 5.23. The molecule has 5 nitrogen and oxygen atoms in total. The third-order valence-electron chi connectivity index (χ3n) is 4.31. The summed E-state index contributed by atoms with van der Waals surface area (Å²) in [5.74, 6) is -0.911. The summed E-state index contributed by atoms with van der Waals surface area (Å²) in [7, 11) is 0. The number of carbonyl (C=O) groups is 2. The van der Waals surface area contributed by atoms with E-state index in [1.54, 1.807) is 36.4 Å². The van der Waals surface area contributed by atoms with Crippen LogP contribution in [0, 0.1) is 0 Å². The molecule has 1 N–H and O–H groups in total. The molecule has 1 fully saturated rings. The van der Waals surface area contributed by atoms with Crippen LogP contribution in [0.4, 0.5) is 0 Å². The number of hydrogen-bond donors (Lipinski definition) is 1. The smallest absolute Gasteiger partial charge is 0.296 e. The Morgan fingerprint density at radius 2 is 1.88 bits per heavy atom. The molecule has 4 rings (SSSR count). The lowest BCUT2D eigenvalue weighted by atomic mass is 10.00. The van der Waals surface area contributed by atoms with Gasteiger partial charge in [0, 0.05) is 10.4 Å². The van der Waals surface area contributed by atoms with Crippen LogP contribution in [0.2, 0.25) is 0 Å². The Bertz CT molecular complexity index is 959. The first-order chi connectivity index (χ1) is 12.7.